The van der Waals surface area contributed by atoms with Gasteiger partial charge >= 0.3 is 17.9 Å². The minimum atomic E-state index is -1.51. The molecule has 1 rings (SSSR count). The van der Waals surface area contributed by atoms with Crippen molar-refractivity contribution in [1.82, 2.24) is 0 Å². The Bertz CT molecular complexity index is 578. The Morgan fingerprint density at radius 2 is 1.75 bits per heavy atom. The predicted molar refractivity (Wildman–Crippen MR) is 87.6 cm³/mol. The number of rotatable bonds is 10. The van der Waals surface area contributed by atoms with E-state index in [0.29, 0.717) is 12.0 Å². The van der Waals surface area contributed by atoms with Crippen molar-refractivity contribution < 1.29 is 29.3 Å². The van der Waals surface area contributed by atoms with Crippen molar-refractivity contribution in [3.63, 3.8) is 0 Å². The van der Waals surface area contributed by atoms with Crippen LogP contribution in [0.15, 0.2) is 42.5 Å². The second-order valence-corrected chi connectivity index (χ2v) is 5.26. The van der Waals surface area contributed by atoms with E-state index >= 15 is 0 Å². The van der Waals surface area contributed by atoms with Crippen molar-refractivity contribution >= 4 is 17.9 Å². The zero-order valence-electron chi connectivity index (χ0n) is 13.6. The van der Waals surface area contributed by atoms with E-state index in [1.807, 2.05) is 19.1 Å². The highest BCUT2D eigenvalue weighted by molar-refractivity contribution is 5.94. The molecule has 0 radical (unpaired) electrons. The van der Waals surface area contributed by atoms with Crippen LogP contribution >= 0.6 is 0 Å². The fourth-order valence-electron chi connectivity index (χ4n) is 2.21. The van der Waals surface area contributed by atoms with Crippen LogP contribution in [-0.4, -0.2) is 34.7 Å². The van der Waals surface area contributed by atoms with Gasteiger partial charge in [-0.2, -0.15) is 0 Å². The van der Waals surface area contributed by atoms with Crippen molar-refractivity contribution in [2.75, 3.05) is 6.61 Å². The van der Waals surface area contributed by atoms with Crippen LogP contribution in [0, 0.1) is 5.92 Å². The largest absolute Gasteiger partial charge is 0.481 e. The number of allylic oxidation sites excluding steroid dienone is 1. The number of ether oxygens (including phenoxy) is 1. The van der Waals surface area contributed by atoms with Crippen molar-refractivity contribution in [1.29, 1.82) is 0 Å². The Kier molecular flexibility index (Phi) is 8.25. The summed E-state index contributed by atoms with van der Waals surface area (Å²) in [6, 6.07) is 8.26. The van der Waals surface area contributed by atoms with Gasteiger partial charge in [0, 0.05) is 0 Å². The average molecular weight is 334 g/mol. The first kappa shape index (κ1) is 19.4. The Morgan fingerprint density at radius 1 is 1.08 bits per heavy atom. The van der Waals surface area contributed by atoms with E-state index in [1.54, 1.807) is 30.3 Å². The lowest BCUT2D eigenvalue weighted by Gasteiger charge is -2.17. The fraction of sp³-hybridized carbons (Fsp3) is 0.389. The maximum Gasteiger partial charge on any atom is 0.320 e. The number of carboxylic acid groups (broad SMARTS) is 2. The molecule has 0 aliphatic rings. The molecular formula is C18H22O6. The molecule has 1 aromatic carbocycles. The van der Waals surface area contributed by atoms with E-state index in [0.717, 1.165) is 6.42 Å². The van der Waals surface area contributed by atoms with Crippen LogP contribution in [0.3, 0.4) is 0 Å². The standard InChI is InChI=1S/C18H22O6/c1-2-3-4-8-11-24-18(23)15(17(21)22)12-14(16(19)20)13-9-6-5-7-10-13/h3-7,9-10,14-15H,2,8,11-12H2,1H3,(H,19,20)(H,21,22)/b4-3-. The first-order valence-corrected chi connectivity index (χ1v) is 7.79. The molecule has 1 aromatic rings. The van der Waals surface area contributed by atoms with Crippen LogP contribution < -0.4 is 0 Å². The van der Waals surface area contributed by atoms with Crippen LogP contribution in [0.1, 0.15) is 37.7 Å². The van der Waals surface area contributed by atoms with Gasteiger partial charge in [0.15, 0.2) is 5.92 Å². The SMILES string of the molecule is CC/C=C\CCOC(=O)C(CC(C(=O)O)c1ccccc1)C(=O)O. The minimum absolute atomic E-state index is 0.0716. The van der Waals surface area contributed by atoms with E-state index in [1.165, 1.54) is 0 Å². The molecule has 0 aromatic heterocycles. The van der Waals surface area contributed by atoms with Crippen LogP contribution in [0.5, 0.6) is 0 Å². The third-order valence-electron chi connectivity index (χ3n) is 3.49. The molecule has 0 saturated heterocycles. The highest BCUT2D eigenvalue weighted by atomic mass is 16.5. The van der Waals surface area contributed by atoms with Gasteiger partial charge in [0.2, 0.25) is 0 Å². The molecule has 6 heteroatoms. The zero-order valence-corrected chi connectivity index (χ0v) is 13.6. The maximum atomic E-state index is 12.0. The molecule has 0 spiro atoms. The van der Waals surface area contributed by atoms with Crippen LogP contribution in [0.2, 0.25) is 0 Å². The lowest BCUT2D eigenvalue weighted by atomic mass is 9.89. The number of aliphatic carboxylic acids is 2. The molecule has 2 atom stereocenters. The first-order chi connectivity index (χ1) is 11.5. The molecule has 0 aliphatic heterocycles. The topological polar surface area (TPSA) is 101 Å². The Balaban J connectivity index is 2.76. The minimum Gasteiger partial charge on any atom is -0.481 e. The van der Waals surface area contributed by atoms with Gasteiger partial charge in [0.25, 0.3) is 0 Å². The molecule has 0 heterocycles. The highest BCUT2D eigenvalue weighted by Gasteiger charge is 2.34. The van der Waals surface area contributed by atoms with Gasteiger partial charge in [0.05, 0.1) is 12.5 Å². The second kappa shape index (κ2) is 10.2. The third-order valence-corrected chi connectivity index (χ3v) is 3.49. The number of hydrogen-bond acceptors (Lipinski definition) is 4. The summed E-state index contributed by atoms with van der Waals surface area (Å²) in [4.78, 5) is 34.8. The van der Waals surface area contributed by atoms with Gasteiger partial charge in [-0.15, -0.1) is 0 Å². The summed E-state index contributed by atoms with van der Waals surface area (Å²) in [5.41, 5.74) is 0.454. The van der Waals surface area contributed by atoms with Crippen molar-refractivity contribution in [2.24, 2.45) is 5.92 Å². The van der Waals surface area contributed by atoms with Gasteiger partial charge in [-0.3, -0.25) is 14.4 Å². The molecule has 0 fully saturated rings. The number of hydrogen-bond donors (Lipinski definition) is 2. The predicted octanol–water partition coefficient (Wildman–Crippen LogP) is 2.85. The second-order valence-electron chi connectivity index (χ2n) is 5.26. The lowest BCUT2D eigenvalue weighted by Crippen LogP contribution is -2.30. The monoisotopic (exact) mass is 334 g/mol. The normalized spacial score (nSPS) is 13.4. The fourth-order valence-corrected chi connectivity index (χ4v) is 2.21. The van der Waals surface area contributed by atoms with Crippen molar-refractivity contribution in [3.05, 3.63) is 48.0 Å². The van der Waals surface area contributed by atoms with Crippen LogP contribution in [-0.2, 0) is 19.1 Å². The maximum absolute atomic E-state index is 12.0. The average Bonchev–Trinajstić information content (AvgIpc) is 2.55. The first-order valence-electron chi connectivity index (χ1n) is 7.79. The van der Waals surface area contributed by atoms with E-state index in [9.17, 15) is 24.6 Å². The van der Waals surface area contributed by atoms with Gasteiger partial charge in [-0.05, 0) is 24.8 Å². The van der Waals surface area contributed by atoms with Crippen molar-refractivity contribution in [2.45, 2.75) is 32.1 Å². The number of benzene rings is 1. The number of esters is 1. The Hall–Kier alpha value is -2.63. The number of carbonyl (C=O) groups excluding carboxylic acids is 1. The molecule has 6 nitrogen and oxygen atoms in total. The summed E-state index contributed by atoms with van der Waals surface area (Å²) >= 11 is 0. The molecule has 2 N–H and O–H groups in total. The van der Waals surface area contributed by atoms with Gasteiger partial charge in [0.1, 0.15) is 0 Å². The Labute approximate surface area is 140 Å². The summed E-state index contributed by atoms with van der Waals surface area (Å²) in [6.07, 6.45) is 4.76. The van der Waals surface area contributed by atoms with E-state index in [-0.39, 0.29) is 13.0 Å². The highest BCUT2D eigenvalue weighted by Crippen LogP contribution is 2.25. The molecule has 0 bridgehead atoms. The molecule has 2 unspecified atom stereocenters. The summed E-state index contributed by atoms with van der Waals surface area (Å²) in [6.45, 7) is 2.04. The molecular weight excluding hydrogens is 312 g/mol. The lowest BCUT2D eigenvalue weighted by molar-refractivity contribution is -0.159. The van der Waals surface area contributed by atoms with Crippen molar-refractivity contribution in [3.8, 4) is 0 Å². The summed E-state index contributed by atoms with van der Waals surface area (Å²) < 4.78 is 4.96. The molecule has 0 amide bonds. The molecule has 130 valence electrons. The quantitative estimate of drug-likeness (QED) is 0.295. The van der Waals surface area contributed by atoms with Crippen LogP contribution in [0.25, 0.3) is 0 Å². The van der Waals surface area contributed by atoms with E-state index in [4.69, 9.17) is 4.74 Å². The molecule has 0 saturated carbocycles. The Morgan fingerprint density at radius 3 is 2.29 bits per heavy atom. The molecule has 0 aliphatic carbocycles. The summed E-state index contributed by atoms with van der Waals surface area (Å²) in [5, 5.41) is 18.6. The van der Waals surface area contributed by atoms with Gasteiger partial charge in [-0.1, -0.05) is 49.4 Å². The number of carbonyl (C=O) groups is 3. The summed E-state index contributed by atoms with van der Waals surface area (Å²) in [7, 11) is 0. The number of carboxylic acids is 2. The summed E-state index contributed by atoms with van der Waals surface area (Å²) in [5.74, 6) is -6.06. The molecule has 24 heavy (non-hydrogen) atoms. The van der Waals surface area contributed by atoms with Gasteiger partial charge < -0.3 is 14.9 Å². The zero-order chi connectivity index (χ0) is 17.9. The third kappa shape index (κ3) is 6.24. The smallest absolute Gasteiger partial charge is 0.320 e. The van der Waals surface area contributed by atoms with E-state index in [2.05, 4.69) is 0 Å². The van der Waals surface area contributed by atoms with Crippen LogP contribution in [0.4, 0.5) is 0 Å². The van der Waals surface area contributed by atoms with E-state index < -0.39 is 29.7 Å². The van der Waals surface area contributed by atoms with Gasteiger partial charge in [-0.25, -0.2) is 0 Å².